The zero-order valence-electron chi connectivity index (χ0n) is 30.0. The van der Waals surface area contributed by atoms with Crippen LogP contribution in [0.4, 0.5) is 22.7 Å². The van der Waals surface area contributed by atoms with Crippen LogP contribution in [0.5, 0.6) is 0 Å². The molecule has 0 N–H and O–H groups in total. The highest BCUT2D eigenvalue weighted by molar-refractivity contribution is 9.10. The Balaban J connectivity index is 1.77. The maximum atomic E-state index is 3.87. The van der Waals surface area contributed by atoms with Gasteiger partial charge in [-0.2, -0.15) is 0 Å². The first-order valence-electron chi connectivity index (χ1n) is 16.9. The number of benzene rings is 5. The van der Waals surface area contributed by atoms with Gasteiger partial charge in [0, 0.05) is 44.8 Å². The molecule has 5 aromatic rings. The first-order chi connectivity index (χ1) is 22.5. The fraction of sp³-hybridized carbons (Fsp3) is 0.318. The van der Waals surface area contributed by atoms with Crippen molar-refractivity contribution in [1.82, 2.24) is 0 Å². The Bertz CT molecular complexity index is 1710. The van der Waals surface area contributed by atoms with E-state index in [-0.39, 0.29) is 16.2 Å². The molecule has 2 nitrogen and oxygen atoms in total. The van der Waals surface area contributed by atoms with Crippen LogP contribution in [0.2, 0.25) is 0 Å². The lowest BCUT2D eigenvalue weighted by molar-refractivity contribution is 0.589. The van der Waals surface area contributed by atoms with E-state index in [1.807, 2.05) is 0 Å². The normalized spacial score (nSPS) is 12.2. The summed E-state index contributed by atoms with van der Waals surface area (Å²) in [6, 6.07) is 42.5. The van der Waals surface area contributed by atoms with E-state index in [4.69, 9.17) is 0 Å². The minimum Gasteiger partial charge on any atom is -0.337 e. The molecule has 4 heteroatoms. The van der Waals surface area contributed by atoms with E-state index >= 15 is 0 Å². The van der Waals surface area contributed by atoms with Gasteiger partial charge in [-0.15, -0.1) is 0 Å². The SMILES string of the molecule is CC(C)(C)c1cc(Br)cc(N(Cc2ccccc2)c2cc(N(Cc3ccccc3)c3cc(Br)cc(C(C)(C)C)c3)cc(C(C)(C)C)c2)c1. The summed E-state index contributed by atoms with van der Waals surface area (Å²) in [4.78, 5) is 4.96. The predicted octanol–water partition coefficient (Wildman–Crippen LogP) is 13.8. The van der Waals surface area contributed by atoms with Crippen LogP contribution >= 0.6 is 31.9 Å². The van der Waals surface area contributed by atoms with Gasteiger partial charge in [0.25, 0.3) is 0 Å². The molecule has 0 fully saturated rings. The lowest BCUT2D eigenvalue weighted by Crippen LogP contribution is -2.22. The van der Waals surface area contributed by atoms with Crippen molar-refractivity contribution in [3.05, 3.63) is 152 Å². The number of halogens is 2. The summed E-state index contributed by atoms with van der Waals surface area (Å²) in [5.74, 6) is 0. The van der Waals surface area contributed by atoms with Crippen molar-refractivity contribution < 1.29 is 0 Å². The van der Waals surface area contributed by atoms with Gasteiger partial charge in [0.2, 0.25) is 0 Å². The van der Waals surface area contributed by atoms with Crippen LogP contribution in [0.1, 0.15) is 90.1 Å². The zero-order valence-corrected chi connectivity index (χ0v) is 33.2. The quantitative estimate of drug-likeness (QED) is 0.155. The molecule has 5 aromatic carbocycles. The molecule has 0 amide bonds. The third-order valence-electron chi connectivity index (χ3n) is 8.88. The maximum absolute atomic E-state index is 3.87. The van der Waals surface area contributed by atoms with Crippen molar-refractivity contribution >= 4 is 54.6 Å². The van der Waals surface area contributed by atoms with Gasteiger partial charge in [0.15, 0.2) is 0 Å². The summed E-state index contributed by atoms with van der Waals surface area (Å²) in [5.41, 5.74) is 11.0. The van der Waals surface area contributed by atoms with E-state index in [1.54, 1.807) is 0 Å². The fourth-order valence-corrected chi connectivity index (χ4v) is 6.82. The first-order valence-corrected chi connectivity index (χ1v) is 18.5. The van der Waals surface area contributed by atoms with Gasteiger partial charge in [0.05, 0.1) is 0 Å². The Hall–Kier alpha value is -3.34. The van der Waals surface area contributed by atoms with Gasteiger partial charge in [-0.25, -0.2) is 0 Å². The van der Waals surface area contributed by atoms with Crippen molar-refractivity contribution in [2.75, 3.05) is 9.80 Å². The van der Waals surface area contributed by atoms with E-state index in [0.717, 1.165) is 22.0 Å². The van der Waals surface area contributed by atoms with Crippen LogP contribution in [-0.4, -0.2) is 0 Å². The maximum Gasteiger partial charge on any atom is 0.0481 e. The monoisotopic (exact) mass is 764 g/mol. The molecule has 0 heterocycles. The largest absolute Gasteiger partial charge is 0.337 e. The van der Waals surface area contributed by atoms with Crippen molar-refractivity contribution in [2.24, 2.45) is 0 Å². The summed E-state index contributed by atoms with van der Waals surface area (Å²) < 4.78 is 2.18. The molecule has 0 saturated carbocycles. The average Bonchev–Trinajstić information content (AvgIpc) is 3.01. The summed E-state index contributed by atoms with van der Waals surface area (Å²) in [6.45, 7) is 22.1. The van der Waals surface area contributed by atoms with Crippen LogP contribution in [0.15, 0.2) is 124 Å². The summed E-state index contributed by atoms with van der Waals surface area (Å²) in [6.07, 6.45) is 0. The molecule has 250 valence electrons. The van der Waals surface area contributed by atoms with Crippen LogP contribution < -0.4 is 9.80 Å². The topological polar surface area (TPSA) is 6.48 Å². The average molecular weight is 767 g/mol. The third kappa shape index (κ3) is 9.01. The molecule has 0 aromatic heterocycles. The van der Waals surface area contributed by atoms with Crippen LogP contribution in [-0.2, 0) is 29.3 Å². The molecule has 48 heavy (non-hydrogen) atoms. The lowest BCUT2D eigenvalue weighted by Gasteiger charge is -2.33. The number of nitrogens with zero attached hydrogens (tertiary/aromatic N) is 2. The van der Waals surface area contributed by atoms with Gasteiger partial charge in [-0.1, -0.05) is 155 Å². The van der Waals surface area contributed by atoms with Gasteiger partial charge in [-0.05, 0) is 98.7 Å². The van der Waals surface area contributed by atoms with Crippen LogP contribution in [0, 0.1) is 0 Å². The van der Waals surface area contributed by atoms with Crippen molar-refractivity contribution in [2.45, 2.75) is 91.6 Å². The molecule has 0 atom stereocenters. The zero-order chi connectivity index (χ0) is 34.9. The number of hydrogen-bond donors (Lipinski definition) is 0. The molecule has 0 bridgehead atoms. The minimum absolute atomic E-state index is 0.00725. The molecule has 0 saturated heterocycles. The van der Waals surface area contributed by atoms with E-state index in [0.29, 0.717) is 0 Å². The Morgan fingerprint density at radius 3 is 1.00 bits per heavy atom. The number of anilines is 4. The number of rotatable bonds is 8. The third-order valence-corrected chi connectivity index (χ3v) is 9.80. The highest BCUT2D eigenvalue weighted by atomic mass is 79.9. The second-order valence-corrected chi connectivity index (χ2v) is 17.9. The smallest absolute Gasteiger partial charge is 0.0481 e. The molecule has 0 aliphatic heterocycles. The van der Waals surface area contributed by atoms with Crippen LogP contribution in [0.3, 0.4) is 0 Å². The highest BCUT2D eigenvalue weighted by Crippen LogP contribution is 2.41. The van der Waals surface area contributed by atoms with Crippen molar-refractivity contribution in [1.29, 1.82) is 0 Å². The second-order valence-electron chi connectivity index (χ2n) is 16.0. The Kier molecular flexibility index (Phi) is 10.7. The minimum atomic E-state index is -0.0662. The molecule has 0 aliphatic rings. The van der Waals surface area contributed by atoms with Crippen molar-refractivity contribution in [3.63, 3.8) is 0 Å². The fourth-order valence-electron chi connectivity index (χ4n) is 5.86. The van der Waals surface area contributed by atoms with E-state index < -0.39 is 0 Å². The summed E-state index contributed by atoms with van der Waals surface area (Å²) in [7, 11) is 0. The molecule has 5 rings (SSSR count). The van der Waals surface area contributed by atoms with Gasteiger partial charge in [-0.3, -0.25) is 0 Å². The second kappa shape index (κ2) is 14.3. The predicted molar refractivity (Wildman–Crippen MR) is 215 cm³/mol. The molecular formula is C44H50Br2N2. The van der Waals surface area contributed by atoms with Crippen molar-refractivity contribution in [3.8, 4) is 0 Å². The van der Waals surface area contributed by atoms with Gasteiger partial charge in [0.1, 0.15) is 0 Å². The standard InChI is InChI=1S/C44H50Br2N2/c1-42(2,3)33-20-36(45)26-38(22-33)47(29-31-16-12-10-13-17-31)40-24-35(44(7,8)9)25-41(28-40)48(30-32-18-14-11-15-19-32)39-23-34(43(4,5)6)21-37(46)27-39/h10-28H,29-30H2,1-9H3. The lowest BCUT2D eigenvalue weighted by atomic mass is 9.85. The molecule has 0 aliphatic carbocycles. The Morgan fingerprint density at radius 2 is 0.688 bits per heavy atom. The van der Waals surface area contributed by atoms with E-state index in [9.17, 15) is 0 Å². The van der Waals surface area contributed by atoms with Gasteiger partial charge < -0.3 is 9.80 Å². The first kappa shape index (κ1) is 36.0. The molecule has 0 unspecified atom stereocenters. The van der Waals surface area contributed by atoms with Gasteiger partial charge >= 0.3 is 0 Å². The van der Waals surface area contributed by atoms with E-state index in [1.165, 1.54) is 50.6 Å². The summed E-state index contributed by atoms with van der Waals surface area (Å²) >= 11 is 7.75. The molecule has 0 radical (unpaired) electrons. The molecule has 0 spiro atoms. The Labute approximate surface area is 306 Å². The van der Waals surface area contributed by atoms with Crippen LogP contribution in [0.25, 0.3) is 0 Å². The number of hydrogen-bond acceptors (Lipinski definition) is 2. The Morgan fingerprint density at radius 1 is 0.396 bits per heavy atom. The van der Waals surface area contributed by atoms with E-state index in [2.05, 4.69) is 219 Å². The highest BCUT2D eigenvalue weighted by Gasteiger charge is 2.24. The molecular weight excluding hydrogens is 716 g/mol. The summed E-state index contributed by atoms with van der Waals surface area (Å²) in [5, 5.41) is 0.